The second-order valence-electron chi connectivity index (χ2n) is 17.4. The zero-order valence-corrected chi connectivity index (χ0v) is 41.2. The number of guanidine groups is 1. The smallest absolute Gasteiger partial charge is 0.328 e. The largest absolute Gasteiger partial charge is 0.508 e. The topological polar surface area (TPSA) is 391 Å². The van der Waals surface area contributed by atoms with E-state index in [1.165, 1.54) is 36.0 Å². The number of amides is 7. The molecule has 2 aliphatic rings. The third-order valence-corrected chi connectivity index (χ3v) is 13.3. The van der Waals surface area contributed by atoms with Crippen molar-refractivity contribution in [3.05, 3.63) is 59.4 Å². The van der Waals surface area contributed by atoms with Crippen molar-refractivity contribution >= 4 is 76.8 Å². The highest BCUT2D eigenvalue weighted by Crippen LogP contribution is 2.18. The number of benzene rings is 1. The predicted molar refractivity (Wildman–Crippen MR) is 264 cm³/mol. The Kier molecular flexibility index (Phi) is 23.6. The maximum Gasteiger partial charge on any atom is 0.328 e. The van der Waals surface area contributed by atoms with Crippen LogP contribution in [0.1, 0.15) is 62.9 Å². The van der Waals surface area contributed by atoms with Gasteiger partial charge in [0.1, 0.15) is 48.0 Å². The lowest BCUT2D eigenvalue weighted by molar-refractivity contribution is -0.143. The van der Waals surface area contributed by atoms with E-state index in [4.69, 9.17) is 16.5 Å². The summed E-state index contributed by atoms with van der Waals surface area (Å²) in [5.41, 5.74) is 12.6. The van der Waals surface area contributed by atoms with E-state index in [1.807, 2.05) is 13.8 Å². The molecule has 0 radical (unpaired) electrons. The first kappa shape index (κ1) is 57.4. The van der Waals surface area contributed by atoms with Gasteiger partial charge in [-0.05, 0) is 74.4 Å². The Labute approximate surface area is 419 Å². The molecular weight excluding hydrogens is 965 g/mol. The lowest BCUT2D eigenvalue weighted by Gasteiger charge is -2.28. The number of thioether (sulfide) groups is 2. The summed E-state index contributed by atoms with van der Waals surface area (Å²) in [7, 11) is 0. The summed E-state index contributed by atoms with van der Waals surface area (Å²) in [6.07, 6.45) is 1.23. The number of nitrogens with two attached hydrogens (primary N) is 2. The van der Waals surface area contributed by atoms with Crippen LogP contribution in [0.5, 0.6) is 5.75 Å². The van der Waals surface area contributed by atoms with Crippen molar-refractivity contribution in [2.75, 3.05) is 37.8 Å². The summed E-state index contributed by atoms with van der Waals surface area (Å²) < 4.78 is 0. The van der Waals surface area contributed by atoms with Crippen molar-refractivity contribution in [1.29, 1.82) is 0 Å². The number of aliphatic imine (C=N–C) groups is 1. The first-order chi connectivity index (χ1) is 33.9. The number of aliphatic carboxylic acids is 1. The van der Waals surface area contributed by atoms with Crippen LogP contribution in [0.15, 0.2) is 47.5 Å². The van der Waals surface area contributed by atoms with Crippen LogP contribution in [0.25, 0.3) is 0 Å². The molecular formula is C45H66N12O12S2. The van der Waals surface area contributed by atoms with E-state index in [1.54, 1.807) is 18.2 Å². The lowest BCUT2D eigenvalue weighted by Crippen LogP contribution is -2.61. The highest BCUT2D eigenvalue weighted by molar-refractivity contribution is 7.98. The molecule has 8 atom stereocenters. The van der Waals surface area contributed by atoms with E-state index < -0.39 is 103 Å². The number of carbonyl (C=O) groups excluding carboxylic acids is 7. The van der Waals surface area contributed by atoms with Crippen molar-refractivity contribution in [2.24, 2.45) is 22.4 Å². The minimum absolute atomic E-state index is 0.00667. The van der Waals surface area contributed by atoms with Crippen molar-refractivity contribution in [1.82, 2.24) is 47.5 Å². The maximum atomic E-state index is 14.4. The number of nitrogens with zero attached hydrogens (tertiary/aromatic N) is 2. The van der Waals surface area contributed by atoms with E-state index in [-0.39, 0.29) is 78.8 Å². The molecule has 0 saturated carbocycles. The van der Waals surface area contributed by atoms with Crippen molar-refractivity contribution in [3.8, 4) is 5.75 Å². The lowest BCUT2D eigenvalue weighted by atomic mass is 10.00. The standard InChI is InChI=1S/C45H66N12O12S2/c1-24(2)16-31-39(63)53-32(17-25-10-12-28(60)13-11-25)40(64)51-30(9-5-15-49-45(46)47)38(62)54-33(18-58)41(65)57-36(43(67)55-34(19-59)44(68)69)23-71-21-27-7-3-6-26(50-27)20-70-22-35(42(66)52-31)56-37(61)29-8-4-14-48-29/h3,6-7,10-13,24,29-36,48,58-60H,4-5,8-9,14-23H2,1-2H3,(H,51,64)(H,52,66)(H,53,63)(H,54,62)(H,55,67)(H,56,61)(H,57,65)(H,68,69)(H4,46,47,49)/t29-,30-,31-,32-,33-,34-,35-,36-/m0/s1. The molecule has 390 valence electrons. The molecule has 0 aliphatic carbocycles. The van der Waals surface area contributed by atoms with Gasteiger partial charge in [0.2, 0.25) is 41.4 Å². The van der Waals surface area contributed by atoms with E-state index in [2.05, 4.69) is 47.5 Å². The number of carboxylic acid groups (broad SMARTS) is 1. The van der Waals surface area contributed by atoms with Crippen LogP contribution >= 0.6 is 23.5 Å². The Morgan fingerprint density at radius 3 is 2.00 bits per heavy atom. The molecule has 2 aromatic rings. The molecule has 0 spiro atoms. The van der Waals surface area contributed by atoms with Crippen LogP contribution in [-0.4, -0.2) is 165 Å². The quantitative estimate of drug-likeness (QED) is 0.0475. The van der Waals surface area contributed by atoms with E-state index in [0.717, 1.165) is 18.2 Å². The fraction of sp³-hybridized carbons (Fsp3) is 0.556. The molecule has 1 fully saturated rings. The van der Waals surface area contributed by atoms with Gasteiger partial charge in [0.15, 0.2) is 5.96 Å². The number of nitrogens with one attached hydrogen (secondary N) is 8. The average Bonchev–Trinajstić information content (AvgIpc) is 3.88. The molecule has 7 amide bonds. The number of phenols is 1. The summed E-state index contributed by atoms with van der Waals surface area (Å²) in [5.74, 6) is -7.38. The zero-order valence-electron chi connectivity index (χ0n) is 39.6. The van der Waals surface area contributed by atoms with Gasteiger partial charge in [0.25, 0.3) is 0 Å². The van der Waals surface area contributed by atoms with Crippen LogP contribution < -0.4 is 54.0 Å². The number of aliphatic hydroxyl groups is 2. The van der Waals surface area contributed by atoms with Crippen molar-refractivity contribution in [3.63, 3.8) is 0 Å². The molecule has 2 bridgehead atoms. The molecule has 24 nitrogen and oxygen atoms in total. The number of fused-ring (bicyclic) bond motifs is 2. The van der Waals surface area contributed by atoms with Gasteiger partial charge in [0, 0.05) is 36.0 Å². The summed E-state index contributed by atoms with van der Waals surface area (Å²) in [6.45, 7) is 2.34. The number of hydrogen-bond acceptors (Lipinski definition) is 16. The van der Waals surface area contributed by atoms with Crippen molar-refractivity contribution < 1.29 is 58.8 Å². The fourth-order valence-corrected chi connectivity index (χ4v) is 9.28. The Bertz CT molecular complexity index is 2180. The van der Waals surface area contributed by atoms with Gasteiger partial charge in [-0.25, -0.2) is 4.79 Å². The normalized spacial score (nSPS) is 23.8. The summed E-state index contributed by atoms with van der Waals surface area (Å²) >= 11 is 2.43. The zero-order chi connectivity index (χ0) is 52.0. The molecule has 0 unspecified atom stereocenters. The Morgan fingerprint density at radius 1 is 0.789 bits per heavy atom. The third kappa shape index (κ3) is 19.5. The van der Waals surface area contributed by atoms with E-state index in [9.17, 15) is 58.8 Å². The second-order valence-corrected chi connectivity index (χ2v) is 19.4. The predicted octanol–water partition coefficient (Wildman–Crippen LogP) is -3.18. The molecule has 2 aliphatic heterocycles. The van der Waals surface area contributed by atoms with Gasteiger partial charge in [-0.1, -0.05) is 32.0 Å². The maximum absolute atomic E-state index is 14.4. The van der Waals surface area contributed by atoms with Gasteiger partial charge >= 0.3 is 5.97 Å². The molecule has 71 heavy (non-hydrogen) atoms. The van der Waals surface area contributed by atoms with Gasteiger partial charge in [-0.2, -0.15) is 23.5 Å². The Balaban J connectivity index is 1.76. The fourth-order valence-electron chi connectivity index (χ4n) is 7.36. The van der Waals surface area contributed by atoms with Crippen LogP contribution in [0.2, 0.25) is 0 Å². The number of hydrogen-bond donors (Lipinski definition) is 14. The van der Waals surface area contributed by atoms with Gasteiger partial charge in [-0.3, -0.25) is 43.5 Å². The van der Waals surface area contributed by atoms with Crippen LogP contribution in [-0.2, 0) is 56.3 Å². The highest BCUT2D eigenvalue weighted by atomic mass is 32.2. The van der Waals surface area contributed by atoms with E-state index >= 15 is 0 Å². The molecule has 3 heterocycles. The van der Waals surface area contributed by atoms with Gasteiger partial charge < -0.3 is 74.4 Å². The molecule has 1 saturated heterocycles. The van der Waals surface area contributed by atoms with E-state index in [0.29, 0.717) is 29.9 Å². The Hall–Kier alpha value is -6.22. The number of carboxylic acids is 1. The van der Waals surface area contributed by atoms with Crippen LogP contribution in [0.3, 0.4) is 0 Å². The number of aliphatic hydroxyl groups excluding tert-OH is 2. The molecule has 1 aromatic heterocycles. The number of carbonyl (C=O) groups is 8. The number of phenolic OH excluding ortho intramolecular Hbond substituents is 1. The third-order valence-electron chi connectivity index (χ3n) is 11.1. The van der Waals surface area contributed by atoms with Crippen LogP contribution in [0.4, 0.5) is 0 Å². The monoisotopic (exact) mass is 1030 g/mol. The molecule has 4 rings (SSSR count). The molecule has 16 N–H and O–H groups in total. The first-order valence-electron chi connectivity index (χ1n) is 23.1. The summed E-state index contributed by atoms with van der Waals surface area (Å²) in [5, 5.41) is 60.6. The van der Waals surface area contributed by atoms with Gasteiger partial charge in [-0.15, -0.1) is 0 Å². The number of pyridine rings is 1. The summed E-state index contributed by atoms with van der Waals surface area (Å²) in [6, 6.07) is 0.342. The minimum Gasteiger partial charge on any atom is -0.508 e. The molecule has 26 heteroatoms. The first-order valence-corrected chi connectivity index (χ1v) is 25.4. The van der Waals surface area contributed by atoms with Gasteiger partial charge in [0.05, 0.1) is 30.6 Å². The van der Waals surface area contributed by atoms with Crippen molar-refractivity contribution in [2.45, 2.75) is 112 Å². The summed E-state index contributed by atoms with van der Waals surface area (Å²) in [4.78, 5) is 118. The highest BCUT2D eigenvalue weighted by Gasteiger charge is 2.35. The molecule has 1 aromatic carbocycles. The second kappa shape index (κ2) is 29.2. The van der Waals surface area contributed by atoms with Crippen LogP contribution in [0, 0.1) is 5.92 Å². The number of aromatic nitrogens is 1. The minimum atomic E-state index is -1.73. The average molecular weight is 1030 g/mol. The SMILES string of the molecule is CC(C)C[C@@H]1NC(=O)[C@@H](NC(=O)[C@@H]2CCCN2)CSCc2cccc(n2)CSC[C@@H](C(=O)N[C@@H](CO)C(=O)O)NC(=O)[C@H](CO)NC(=O)[C@H](CCCN=C(N)N)NC(=O)[C@H](Cc2ccc(O)cc2)NC1=O. The number of rotatable bonds is 15. The number of aromatic hydroxyl groups is 1. The Morgan fingerprint density at radius 2 is 1.39 bits per heavy atom.